The molecule has 2 aromatic rings. The highest BCUT2D eigenvalue weighted by Crippen LogP contribution is 2.23. The molecule has 1 fully saturated rings. The molecule has 23 heavy (non-hydrogen) atoms. The zero-order chi connectivity index (χ0) is 16.4. The number of carbonyl (C=O) groups is 1. The summed E-state index contributed by atoms with van der Waals surface area (Å²) in [6.45, 7) is 4.95. The minimum atomic E-state index is -0.336. The van der Waals surface area contributed by atoms with Crippen LogP contribution in [0.3, 0.4) is 0 Å². The average molecular weight is 334 g/mol. The fraction of sp³-hybridized carbons (Fsp3) is 0.467. The number of ether oxygens (including phenoxy) is 1. The largest absolute Gasteiger partial charge is 0.377 e. The first-order chi connectivity index (χ1) is 11.0. The van der Waals surface area contributed by atoms with Gasteiger partial charge in [0.15, 0.2) is 0 Å². The summed E-state index contributed by atoms with van der Waals surface area (Å²) in [6.07, 6.45) is 0.253. The second-order valence-electron chi connectivity index (χ2n) is 5.47. The van der Waals surface area contributed by atoms with Crippen molar-refractivity contribution in [2.24, 2.45) is 0 Å². The lowest BCUT2D eigenvalue weighted by Gasteiger charge is -2.35. The fourth-order valence-corrected chi connectivity index (χ4v) is 3.28. The Bertz CT molecular complexity index is 770. The highest BCUT2D eigenvalue weighted by atomic mass is 32.1. The number of aromatic amines is 1. The van der Waals surface area contributed by atoms with Gasteiger partial charge in [0, 0.05) is 18.0 Å². The summed E-state index contributed by atoms with van der Waals surface area (Å²) in [7, 11) is 0. The van der Waals surface area contributed by atoms with E-state index in [-0.39, 0.29) is 23.9 Å². The third kappa shape index (κ3) is 3.65. The van der Waals surface area contributed by atoms with Crippen molar-refractivity contribution in [1.29, 1.82) is 0 Å². The lowest BCUT2D eigenvalue weighted by Crippen LogP contribution is -2.44. The van der Waals surface area contributed by atoms with Gasteiger partial charge in [0.25, 0.3) is 5.56 Å². The van der Waals surface area contributed by atoms with Crippen LogP contribution in [0.2, 0.25) is 0 Å². The zero-order valence-corrected chi connectivity index (χ0v) is 13.9. The molecule has 1 saturated heterocycles. The number of rotatable bonds is 3. The molecule has 0 saturated carbocycles. The number of thiazole rings is 1. The van der Waals surface area contributed by atoms with E-state index < -0.39 is 0 Å². The zero-order valence-electron chi connectivity index (χ0n) is 13.0. The van der Waals surface area contributed by atoms with Gasteiger partial charge in [-0.05, 0) is 13.8 Å². The molecule has 1 aliphatic rings. The van der Waals surface area contributed by atoms with E-state index in [4.69, 9.17) is 4.74 Å². The van der Waals surface area contributed by atoms with Crippen LogP contribution in [0.15, 0.2) is 16.2 Å². The Morgan fingerprint density at radius 1 is 1.48 bits per heavy atom. The molecule has 122 valence electrons. The molecule has 1 amide bonds. The Morgan fingerprint density at radius 3 is 3.00 bits per heavy atom. The van der Waals surface area contributed by atoms with Crippen LogP contribution < -0.4 is 5.56 Å². The lowest BCUT2D eigenvalue weighted by atomic mass is 10.1. The predicted octanol–water partition coefficient (Wildman–Crippen LogP) is 0.986. The molecule has 0 bridgehead atoms. The molecule has 8 heteroatoms. The van der Waals surface area contributed by atoms with Crippen LogP contribution >= 0.6 is 11.3 Å². The topological polar surface area (TPSA) is 88.2 Å². The highest BCUT2D eigenvalue weighted by Gasteiger charge is 2.30. The van der Waals surface area contributed by atoms with E-state index in [1.165, 1.54) is 17.4 Å². The standard InChI is InChI=1S/C15H18N4O3S/c1-9-16-12(6-14(20)17-9)13-7-22-4-3-19(13)15(21)5-11-8-23-10(2)18-11/h6,8,13H,3-5,7H2,1-2H3,(H,16,17,20)/t13-/m1/s1. The first-order valence-electron chi connectivity index (χ1n) is 7.39. The molecule has 0 radical (unpaired) electrons. The fourth-order valence-electron chi connectivity index (χ4n) is 2.67. The van der Waals surface area contributed by atoms with Crippen LogP contribution in [0, 0.1) is 13.8 Å². The highest BCUT2D eigenvalue weighted by molar-refractivity contribution is 7.09. The first-order valence-corrected chi connectivity index (χ1v) is 8.27. The van der Waals surface area contributed by atoms with E-state index in [0.29, 0.717) is 31.3 Å². The summed E-state index contributed by atoms with van der Waals surface area (Å²) in [6, 6.07) is 1.09. The van der Waals surface area contributed by atoms with Gasteiger partial charge in [-0.2, -0.15) is 0 Å². The number of carbonyl (C=O) groups excluding carboxylic acids is 1. The van der Waals surface area contributed by atoms with Gasteiger partial charge in [0.2, 0.25) is 5.91 Å². The number of aryl methyl sites for hydroxylation is 2. The molecule has 2 aromatic heterocycles. The van der Waals surface area contributed by atoms with E-state index in [1.807, 2.05) is 12.3 Å². The minimum Gasteiger partial charge on any atom is -0.377 e. The third-order valence-corrected chi connectivity index (χ3v) is 4.49. The molecule has 1 atom stereocenters. The van der Waals surface area contributed by atoms with Crippen molar-refractivity contribution in [2.45, 2.75) is 26.3 Å². The summed E-state index contributed by atoms with van der Waals surface area (Å²) in [4.78, 5) is 37.4. The van der Waals surface area contributed by atoms with Crippen LogP contribution in [0.25, 0.3) is 0 Å². The maximum Gasteiger partial charge on any atom is 0.251 e. The summed E-state index contributed by atoms with van der Waals surface area (Å²) in [5.74, 6) is 0.504. The normalized spacial score (nSPS) is 18.2. The van der Waals surface area contributed by atoms with Gasteiger partial charge in [0.1, 0.15) is 5.82 Å². The number of hydrogen-bond acceptors (Lipinski definition) is 6. The van der Waals surface area contributed by atoms with E-state index >= 15 is 0 Å². The van der Waals surface area contributed by atoms with Crippen molar-refractivity contribution in [3.05, 3.63) is 44.0 Å². The van der Waals surface area contributed by atoms with Crippen molar-refractivity contribution < 1.29 is 9.53 Å². The summed E-state index contributed by atoms with van der Waals surface area (Å²) in [5.41, 5.74) is 1.12. The van der Waals surface area contributed by atoms with Gasteiger partial charge in [-0.1, -0.05) is 0 Å². The number of aromatic nitrogens is 3. The summed E-state index contributed by atoms with van der Waals surface area (Å²) in [5, 5.41) is 2.84. The van der Waals surface area contributed by atoms with E-state index in [2.05, 4.69) is 15.0 Å². The van der Waals surface area contributed by atoms with E-state index in [1.54, 1.807) is 11.8 Å². The van der Waals surface area contributed by atoms with E-state index in [0.717, 1.165) is 10.7 Å². The number of nitrogens with one attached hydrogen (secondary N) is 1. The van der Waals surface area contributed by atoms with Gasteiger partial charge in [-0.3, -0.25) is 9.59 Å². The minimum absolute atomic E-state index is 0.0247. The second kappa shape index (κ2) is 6.59. The molecule has 0 aromatic carbocycles. The predicted molar refractivity (Wildman–Crippen MR) is 85.4 cm³/mol. The van der Waals surface area contributed by atoms with Gasteiger partial charge < -0.3 is 14.6 Å². The van der Waals surface area contributed by atoms with Crippen molar-refractivity contribution in [3.63, 3.8) is 0 Å². The average Bonchev–Trinajstić information content (AvgIpc) is 2.91. The Balaban J connectivity index is 1.83. The summed E-state index contributed by atoms with van der Waals surface area (Å²) >= 11 is 1.53. The number of nitrogens with zero attached hydrogens (tertiary/aromatic N) is 3. The van der Waals surface area contributed by atoms with E-state index in [9.17, 15) is 9.59 Å². The van der Waals surface area contributed by atoms with Crippen LogP contribution in [-0.2, 0) is 16.0 Å². The first kappa shape index (κ1) is 15.8. The smallest absolute Gasteiger partial charge is 0.251 e. The lowest BCUT2D eigenvalue weighted by molar-refractivity contribution is -0.139. The summed E-state index contributed by atoms with van der Waals surface area (Å²) < 4.78 is 5.49. The van der Waals surface area contributed by atoms with Gasteiger partial charge in [-0.15, -0.1) is 11.3 Å². The monoisotopic (exact) mass is 334 g/mol. The van der Waals surface area contributed by atoms with Crippen LogP contribution in [0.1, 0.15) is 28.3 Å². The van der Waals surface area contributed by atoms with Crippen molar-refractivity contribution in [1.82, 2.24) is 19.9 Å². The molecule has 0 aliphatic carbocycles. The molecule has 1 N–H and O–H groups in total. The third-order valence-electron chi connectivity index (χ3n) is 3.67. The molecule has 3 heterocycles. The SMILES string of the molecule is Cc1nc([C@H]2COCCN2C(=O)Cc2csc(C)n2)cc(=O)[nH]1. The number of H-pyrrole nitrogens is 1. The van der Waals surface area contributed by atoms with Gasteiger partial charge in [0.05, 0.1) is 42.1 Å². The molecule has 7 nitrogen and oxygen atoms in total. The van der Waals surface area contributed by atoms with Crippen LogP contribution in [0.4, 0.5) is 0 Å². The molecule has 1 aliphatic heterocycles. The Hall–Kier alpha value is -2.06. The van der Waals surface area contributed by atoms with Crippen LogP contribution in [-0.4, -0.2) is 45.5 Å². The number of hydrogen-bond donors (Lipinski definition) is 1. The van der Waals surface area contributed by atoms with Crippen molar-refractivity contribution >= 4 is 17.2 Å². The second-order valence-corrected chi connectivity index (χ2v) is 6.53. The van der Waals surface area contributed by atoms with Gasteiger partial charge >= 0.3 is 0 Å². The quantitative estimate of drug-likeness (QED) is 0.904. The number of morpholine rings is 1. The van der Waals surface area contributed by atoms with Crippen LogP contribution in [0.5, 0.6) is 0 Å². The molecular weight excluding hydrogens is 316 g/mol. The maximum absolute atomic E-state index is 12.7. The Kier molecular flexibility index (Phi) is 4.53. The van der Waals surface area contributed by atoms with Crippen molar-refractivity contribution in [2.75, 3.05) is 19.8 Å². The Morgan fingerprint density at radius 2 is 2.30 bits per heavy atom. The molecule has 3 rings (SSSR count). The van der Waals surface area contributed by atoms with Gasteiger partial charge in [-0.25, -0.2) is 9.97 Å². The van der Waals surface area contributed by atoms with Crippen molar-refractivity contribution in [3.8, 4) is 0 Å². The molecular formula is C15H18N4O3S. The number of amides is 1. The molecule has 0 unspecified atom stereocenters. The maximum atomic E-state index is 12.7. The molecule has 0 spiro atoms. The Labute approximate surface area is 137 Å².